The van der Waals surface area contributed by atoms with Crippen LogP contribution in [-0.2, 0) is 14.8 Å². The number of aromatic amines is 1. The molecule has 0 unspecified atom stereocenters. The zero-order valence-corrected chi connectivity index (χ0v) is 15.3. The molecule has 0 bridgehead atoms. The normalized spacial score (nSPS) is 11.4. The third-order valence-electron chi connectivity index (χ3n) is 3.81. The highest BCUT2D eigenvalue weighted by Gasteiger charge is 2.32. The van der Waals surface area contributed by atoms with Gasteiger partial charge in [-0.2, -0.15) is 0 Å². The number of nitrogens with one attached hydrogen (secondary N) is 1. The van der Waals surface area contributed by atoms with Crippen molar-refractivity contribution >= 4 is 21.7 Å². The summed E-state index contributed by atoms with van der Waals surface area (Å²) in [5, 5.41) is 0. The number of aryl methyl sites for hydroxylation is 3. The minimum atomic E-state index is -3.91. The van der Waals surface area contributed by atoms with Crippen molar-refractivity contribution in [1.29, 1.82) is 0 Å². The molecule has 0 atom stereocenters. The number of nitrogens with zero attached hydrogens (tertiary/aromatic N) is 1. The van der Waals surface area contributed by atoms with Crippen LogP contribution in [0.5, 0.6) is 0 Å². The van der Waals surface area contributed by atoms with E-state index in [9.17, 15) is 13.2 Å². The third-order valence-corrected chi connectivity index (χ3v) is 5.77. The van der Waals surface area contributed by atoms with Crippen molar-refractivity contribution in [1.82, 2.24) is 4.98 Å². The first-order chi connectivity index (χ1) is 11.2. The summed E-state index contributed by atoms with van der Waals surface area (Å²) in [5.41, 5.74) is 2.50. The number of rotatable bonds is 5. The summed E-state index contributed by atoms with van der Waals surface area (Å²) in [6, 6.07) is 7.13. The average molecular weight is 350 g/mol. The Hall–Kier alpha value is -2.28. The molecule has 0 saturated heterocycles. The first-order valence-electron chi connectivity index (χ1n) is 7.62. The van der Waals surface area contributed by atoms with E-state index < -0.39 is 16.0 Å². The average Bonchev–Trinajstić information content (AvgIpc) is 2.82. The molecule has 1 aromatic heterocycles. The molecule has 24 heavy (non-hydrogen) atoms. The molecule has 0 fully saturated rings. The van der Waals surface area contributed by atoms with Gasteiger partial charge in [0.05, 0.1) is 12.3 Å². The van der Waals surface area contributed by atoms with Crippen molar-refractivity contribution in [2.24, 2.45) is 0 Å². The fourth-order valence-electron chi connectivity index (χ4n) is 2.56. The van der Waals surface area contributed by atoms with Gasteiger partial charge in [-0.25, -0.2) is 13.2 Å². The van der Waals surface area contributed by atoms with E-state index in [-0.39, 0.29) is 17.1 Å². The molecule has 2 aromatic rings. The van der Waals surface area contributed by atoms with Crippen molar-refractivity contribution in [3.8, 4) is 0 Å². The molecular formula is C17H22N2O4S. The Morgan fingerprint density at radius 3 is 2.25 bits per heavy atom. The molecular weight excluding hydrogens is 328 g/mol. The molecule has 2 rings (SSSR count). The zero-order chi connectivity index (χ0) is 18.1. The lowest BCUT2D eigenvalue weighted by atomic mass is 10.2. The number of hydrogen-bond donors (Lipinski definition) is 1. The molecule has 7 heteroatoms. The predicted molar refractivity (Wildman–Crippen MR) is 93.0 cm³/mol. The Balaban J connectivity index is 2.57. The van der Waals surface area contributed by atoms with Gasteiger partial charge in [-0.05, 0) is 39.8 Å². The number of benzene rings is 1. The Bertz CT molecular complexity index is 851. The number of anilines is 1. The molecule has 130 valence electrons. The summed E-state index contributed by atoms with van der Waals surface area (Å²) < 4.78 is 32.3. The Morgan fingerprint density at radius 1 is 1.12 bits per heavy atom. The summed E-state index contributed by atoms with van der Waals surface area (Å²) in [7, 11) is -2.44. The lowest BCUT2D eigenvalue weighted by Gasteiger charge is -2.20. The SMILES string of the molecule is CCOC(=O)c1c(C)[nH]c(C)c1S(=O)(=O)N(C)c1ccc(C)cc1. The summed E-state index contributed by atoms with van der Waals surface area (Å²) >= 11 is 0. The number of H-pyrrole nitrogens is 1. The second-order valence-corrected chi connectivity index (χ2v) is 7.51. The maximum absolute atomic E-state index is 13.1. The fraction of sp³-hybridized carbons (Fsp3) is 0.353. The van der Waals surface area contributed by atoms with Gasteiger partial charge < -0.3 is 9.72 Å². The van der Waals surface area contributed by atoms with Gasteiger partial charge in [0.15, 0.2) is 0 Å². The van der Waals surface area contributed by atoms with E-state index >= 15 is 0 Å². The molecule has 0 amide bonds. The molecule has 6 nitrogen and oxygen atoms in total. The van der Waals surface area contributed by atoms with Gasteiger partial charge in [0.2, 0.25) is 0 Å². The zero-order valence-electron chi connectivity index (χ0n) is 14.5. The first-order valence-corrected chi connectivity index (χ1v) is 9.06. The van der Waals surface area contributed by atoms with E-state index in [0.29, 0.717) is 17.1 Å². The molecule has 1 N–H and O–H groups in total. The topological polar surface area (TPSA) is 79.5 Å². The van der Waals surface area contributed by atoms with E-state index in [1.54, 1.807) is 32.9 Å². The van der Waals surface area contributed by atoms with Crippen molar-refractivity contribution in [3.05, 3.63) is 46.8 Å². The van der Waals surface area contributed by atoms with Crippen LogP contribution in [0.4, 0.5) is 5.69 Å². The molecule has 0 aliphatic heterocycles. The number of aromatic nitrogens is 1. The lowest BCUT2D eigenvalue weighted by Crippen LogP contribution is -2.28. The molecule has 0 radical (unpaired) electrons. The van der Waals surface area contributed by atoms with Crippen molar-refractivity contribution in [2.75, 3.05) is 18.0 Å². The van der Waals surface area contributed by atoms with E-state index in [1.807, 2.05) is 19.1 Å². The van der Waals surface area contributed by atoms with Crippen LogP contribution >= 0.6 is 0 Å². The highest BCUT2D eigenvalue weighted by molar-refractivity contribution is 7.93. The van der Waals surface area contributed by atoms with E-state index in [0.717, 1.165) is 5.56 Å². The molecule has 1 aromatic carbocycles. The Morgan fingerprint density at radius 2 is 1.71 bits per heavy atom. The van der Waals surface area contributed by atoms with Crippen LogP contribution in [0.2, 0.25) is 0 Å². The number of carbonyl (C=O) groups excluding carboxylic acids is 1. The lowest BCUT2D eigenvalue weighted by molar-refractivity contribution is 0.0521. The molecule has 0 aliphatic carbocycles. The van der Waals surface area contributed by atoms with Gasteiger partial charge in [0.1, 0.15) is 10.5 Å². The molecule has 0 spiro atoms. The predicted octanol–water partition coefficient (Wildman–Crippen LogP) is 2.94. The first kappa shape index (κ1) is 18.1. The summed E-state index contributed by atoms with van der Waals surface area (Å²) in [4.78, 5) is 15.1. The van der Waals surface area contributed by atoms with Crippen molar-refractivity contribution < 1.29 is 17.9 Å². The Labute approximate surface area is 142 Å². The van der Waals surface area contributed by atoms with Crippen LogP contribution in [0.15, 0.2) is 29.2 Å². The second-order valence-electron chi connectivity index (χ2n) is 5.61. The monoisotopic (exact) mass is 350 g/mol. The number of sulfonamides is 1. The van der Waals surface area contributed by atoms with Crippen LogP contribution in [0.1, 0.15) is 34.2 Å². The van der Waals surface area contributed by atoms with Gasteiger partial charge in [-0.3, -0.25) is 4.31 Å². The van der Waals surface area contributed by atoms with Crippen molar-refractivity contribution in [2.45, 2.75) is 32.6 Å². The number of ether oxygens (including phenoxy) is 1. The van der Waals surface area contributed by atoms with Crippen LogP contribution in [-0.4, -0.2) is 33.0 Å². The van der Waals surface area contributed by atoms with E-state index in [4.69, 9.17) is 4.74 Å². The van der Waals surface area contributed by atoms with Crippen molar-refractivity contribution in [3.63, 3.8) is 0 Å². The standard InChI is InChI=1S/C17H22N2O4S/c1-6-23-17(20)15-12(3)18-13(4)16(15)24(21,22)19(5)14-9-7-11(2)8-10-14/h7-10,18H,6H2,1-5H3. The fourth-order valence-corrected chi connectivity index (χ4v) is 4.17. The van der Waals surface area contributed by atoms with Crippen LogP contribution in [0.3, 0.4) is 0 Å². The number of hydrogen-bond acceptors (Lipinski definition) is 4. The quantitative estimate of drug-likeness (QED) is 0.841. The van der Waals surface area contributed by atoms with Crippen LogP contribution < -0.4 is 4.31 Å². The van der Waals surface area contributed by atoms with Gasteiger partial charge in [-0.1, -0.05) is 17.7 Å². The minimum absolute atomic E-state index is 0.0403. The van der Waals surface area contributed by atoms with Gasteiger partial charge in [-0.15, -0.1) is 0 Å². The molecule has 1 heterocycles. The van der Waals surface area contributed by atoms with Gasteiger partial charge >= 0.3 is 5.97 Å². The summed E-state index contributed by atoms with van der Waals surface area (Å²) in [5.74, 6) is -0.643. The number of carbonyl (C=O) groups is 1. The minimum Gasteiger partial charge on any atom is -0.462 e. The third kappa shape index (κ3) is 3.17. The van der Waals surface area contributed by atoms with Gasteiger partial charge in [0.25, 0.3) is 10.0 Å². The largest absolute Gasteiger partial charge is 0.462 e. The Kier molecular flexibility index (Phi) is 5.03. The molecule has 0 saturated carbocycles. The van der Waals surface area contributed by atoms with Crippen LogP contribution in [0, 0.1) is 20.8 Å². The summed E-state index contributed by atoms with van der Waals surface area (Å²) in [6.45, 7) is 7.07. The highest BCUT2D eigenvalue weighted by atomic mass is 32.2. The highest BCUT2D eigenvalue weighted by Crippen LogP contribution is 2.29. The maximum Gasteiger partial charge on any atom is 0.341 e. The summed E-state index contributed by atoms with van der Waals surface area (Å²) in [6.07, 6.45) is 0. The maximum atomic E-state index is 13.1. The van der Waals surface area contributed by atoms with Crippen LogP contribution in [0.25, 0.3) is 0 Å². The van der Waals surface area contributed by atoms with E-state index in [1.165, 1.54) is 11.4 Å². The second kappa shape index (κ2) is 6.68. The molecule has 0 aliphatic rings. The van der Waals surface area contributed by atoms with Gasteiger partial charge in [0, 0.05) is 18.4 Å². The number of esters is 1. The smallest absolute Gasteiger partial charge is 0.341 e. The van der Waals surface area contributed by atoms with E-state index in [2.05, 4.69) is 4.98 Å².